The molecule has 1 saturated heterocycles. The minimum atomic E-state index is -2.81. The predicted octanol–water partition coefficient (Wildman–Crippen LogP) is 1.38. The Morgan fingerprint density at radius 1 is 1.05 bits per heavy atom. The summed E-state index contributed by atoms with van der Waals surface area (Å²) in [5.41, 5.74) is 0. The Morgan fingerprint density at radius 2 is 1.74 bits per heavy atom. The van der Waals surface area contributed by atoms with Gasteiger partial charge in [0.05, 0.1) is 11.5 Å². The molecule has 0 spiro atoms. The zero-order chi connectivity index (χ0) is 14.5. The van der Waals surface area contributed by atoms with Gasteiger partial charge in [-0.15, -0.1) is 0 Å². The first-order valence-electron chi connectivity index (χ1n) is 7.47. The molecule has 1 unspecified atom stereocenters. The van der Waals surface area contributed by atoms with Gasteiger partial charge in [0.15, 0.2) is 9.84 Å². The second kappa shape index (κ2) is 7.60. The molecule has 19 heavy (non-hydrogen) atoms. The molecule has 1 rings (SSSR count). The van der Waals surface area contributed by atoms with E-state index in [-0.39, 0.29) is 0 Å². The number of hydrogen-bond donors (Lipinski definition) is 1. The first-order chi connectivity index (χ1) is 8.82. The average Bonchev–Trinajstić information content (AvgIpc) is 2.45. The first kappa shape index (κ1) is 16.9. The summed E-state index contributed by atoms with van der Waals surface area (Å²) < 4.78 is 23.3. The third kappa shape index (κ3) is 6.23. The van der Waals surface area contributed by atoms with Crippen molar-refractivity contribution in [2.75, 3.05) is 37.7 Å². The monoisotopic (exact) mass is 290 g/mol. The first-order valence-corrected chi connectivity index (χ1v) is 9.29. The summed E-state index contributed by atoms with van der Waals surface area (Å²) in [7, 11) is -2.81. The maximum atomic E-state index is 11.7. The zero-order valence-corrected chi connectivity index (χ0v) is 13.7. The van der Waals surface area contributed by atoms with E-state index in [9.17, 15) is 8.42 Å². The van der Waals surface area contributed by atoms with Crippen molar-refractivity contribution in [2.24, 2.45) is 11.8 Å². The van der Waals surface area contributed by atoms with Gasteiger partial charge < -0.3 is 5.32 Å². The molecule has 0 bridgehead atoms. The highest BCUT2D eigenvalue weighted by Crippen LogP contribution is 2.14. The molecule has 5 heteroatoms. The molecular weight excluding hydrogens is 260 g/mol. The highest BCUT2D eigenvalue weighted by atomic mass is 32.2. The van der Waals surface area contributed by atoms with Crippen LogP contribution in [0, 0.1) is 11.8 Å². The van der Waals surface area contributed by atoms with Gasteiger partial charge in [-0.1, -0.05) is 27.7 Å². The van der Waals surface area contributed by atoms with Crippen LogP contribution >= 0.6 is 0 Å². The molecule has 0 radical (unpaired) electrons. The van der Waals surface area contributed by atoms with E-state index in [4.69, 9.17) is 0 Å². The van der Waals surface area contributed by atoms with Crippen molar-refractivity contribution in [3.63, 3.8) is 0 Å². The van der Waals surface area contributed by atoms with Gasteiger partial charge >= 0.3 is 0 Å². The summed E-state index contributed by atoms with van der Waals surface area (Å²) in [6.45, 7) is 12.4. The van der Waals surface area contributed by atoms with Crippen LogP contribution in [-0.4, -0.2) is 57.0 Å². The quantitative estimate of drug-likeness (QED) is 0.803. The molecular formula is C14H30N2O2S. The Labute approximate surface area is 118 Å². The molecule has 0 aromatic rings. The topological polar surface area (TPSA) is 49.4 Å². The normalized spacial score (nSPS) is 22.6. The summed E-state index contributed by atoms with van der Waals surface area (Å²) >= 11 is 0. The Kier molecular flexibility index (Phi) is 6.77. The van der Waals surface area contributed by atoms with Crippen molar-refractivity contribution in [3.8, 4) is 0 Å². The van der Waals surface area contributed by atoms with Gasteiger partial charge in [0, 0.05) is 19.1 Å². The smallest absolute Gasteiger partial charge is 0.151 e. The third-order valence-corrected chi connectivity index (χ3v) is 5.45. The van der Waals surface area contributed by atoms with E-state index >= 15 is 0 Å². The number of hydrogen-bond acceptors (Lipinski definition) is 4. The van der Waals surface area contributed by atoms with Crippen LogP contribution in [0.25, 0.3) is 0 Å². The van der Waals surface area contributed by atoms with E-state index in [1.807, 2.05) is 0 Å². The van der Waals surface area contributed by atoms with Crippen LogP contribution < -0.4 is 5.32 Å². The molecule has 1 N–H and O–H groups in total. The third-order valence-electron chi connectivity index (χ3n) is 3.73. The Hall–Kier alpha value is -0.130. The Morgan fingerprint density at radius 3 is 2.32 bits per heavy atom. The van der Waals surface area contributed by atoms with Crippen LogP contribution in [0.15, 0.2) is 0 Å². The van der Waals surface area contributed by atoms with Gasteiger partial charge in [-0.3, -0.25) is 4.90 Å². The molecule has 0 aromatic carbocycles. The lowest BCUT2D eigenvalue weighted by Gasteiger charge is -2.33. The van der Waals surface area contributed by atoms with E-state index < -0.39 is 9.84 Å². The van der Waals surface area contributed by atoms with Crippen molar-refractivity contribution in [2.45, 2.75) is 40.2 Å². The van der Waals surface area contributed by atoms with Crippen LogP contribution in [0.5, 0.6) is 0 Å². The molecule has 0 amide bonds. The van der Waals surface area contributed by atoms with Crippen molar-refractivity contribution in [1.29, 1.82) is 0 Å². The fourth-order valence-electron chi connectivity index (χ4n) is 2.60. The van der Waals surface area contributed by atoms with Gasteiger partial charge in [-0.25, -0.2) is 8.42 Å². The molecule has 1 atom stereocenters. The second-order valence-corrected chi connectivity index (χ2v) is 8.71. The van der Waals surface area contributed by atoms with E-state index in [2.05, 4.69) is 37.9 Å². The lowest BCUT2D eigenvalue weighted by atomic mass is 10.0. The molecule has 4 nitrogen and oxygen atoms in total. The fourth-order valence-corrected chi connectivity index (χ4v) is 3.88. The summed E-state index contributed by atoms with van der Waals surface area (Å²) in [5.74, 6) is 1.87. The van der Waals surface area contributed by atoms with Gasteiger partial charge in [0.25, 0.3) is 0 Å². The number of nitrogens with one attached hydrogen (secondary N) is 1. The molecule has 1 aliphatic rings. The van der Waals surface area contributed by atoms with Gasteiger partial charge in [0.1, 0.15) is 0 Å². The van der Waals surface area contributed by atoms with Crippen LogP contribution in [0.3, 0.4) is 0 Å². The molecule has 1 fully saturated rings. The van der Waals surface area contributed by atoms with Crippen molar-refractivity contribution >= 4 is 9.84 Å². The van der Waals surface area contributed by atoms with E-state index in [0.717, 1.165) is 26.1 Å². The molecule has 0 saturated carbocycles. The predicted molar refractivity (Wildman–Crippen MR) is 81.2 cm³/mol. The lowest BCUT2D eigenvalue weighted by Crippen LogP contribution is -2.47. The number of rotatable bonds is 6. The molecule has 114 valence electrons. The lowest BCUT2D eigenvalue weighted by molar-refractivity contribution is 0.162. The molecule has 0 aliphatic carbocycles. The van der Waals surface area contributed by atoms with Crippen molar-refractivity contribution < 1.29 is 8.42 Å². The maximum Gasteiger partial charge on any atom is 0.151 e. The van der Waals surface area contributed by atoms with Crippen LogP contribution in [0.2, 0.25) is 0 Å². The average molecular weight is 290 g/mol. The molecule has 0 aromatic heterocycles. The summed E-state index contributed by atoms with van der Waals surface area (Å²) in [4.78, 5) is 2.36. The van der Waals surface area contributed by atoms with Gasteiger partial charge in [0.2, 0.25) is 0 Å². The summed E-state index contributed by atoms with van der Waals surface area (Å²) in [5, 5.41) is 3.51. The minimum Gasteiger partial charge on any atom is -0.315 e. The van der Waals surface area contributed by atoms with Gasteiger partial charge in [-0.2, -0.15) is 0 Å². The summed E-state index contributed by atoms with van der Waals surface area (Å²) in [6.07, 6.45) is 0.774. The Bertz CT molecular complexity index is 352. The van der Waals surface area contributed by atoms with Crippen molar-refractivity contribution in [3.05, 3.63) is 0 Å². The van der Waals surface area contributed by atoms with Crippen LogP contribution in [-0.2, 0) is 9.84 Å². The standard InChI is InChI=1S/C14H30N2O2S/c1-12(2)10-15-11-14(13(3)4)16-6-5-8-19(17,18)9-7-16/h12-15H,5-11H2,1-4H3. The van der Waals surface area contributed by atoms with Crippen LogP contribution in [0.1, 0.15) is 34.1 Å². The maximum absolute atomic E-state index is 11.7. The zero-order valence-electron chi connectivity index (χ0n) is 12.9. The number of nitrogens with zero attached hydrogens (tertiary/aromatic N) is 1. The molecule has 1 heterocycles. The van der Waals surface area contributed by atoms with Crippen LogP contribution in [0.4, 0.5) is 0 Å². The highest BCUT2D eigenvalue weighted by Gasteiger charge is 2.26. The number of sulfone groups is 1. The van der Waals surface area contributed by atoms with Crippen molar-refractivity contribution in [1.82, 2.24) is 10.2 Å². The van der Waals surface area contributed by atoms with E-state index in [1.54, 1.807) is 0 Å². The van der Waals surface area contributed by atoms with Gasteiger partial charge in [-0.05, 0) is 31.3 Å². The minimum absolute atomic E-state index is 0.320. The fraction of sp³-hybridized carbons (Fsp3) is 1.00. The largest absolute Gasteiger partial charge is 0.315 e. The Balaban J connectivity index is 2.55. The SMILES string of the molecule is CC(C)CNCC(C(C)C)N1CCCS(=O)(=O)CC1. The van der Waals surface area contributed by atoms with E-state index in [0.29, 0.717) is 35.9 Å². The highest BCUT2D eigenvalue weighted by molar-refractivity contribution is 7.91. The summed E-state index contributed by atoms with van der Waals surface area (Å²) in [6, 6.07) is 0.437. The second-order valence-electron chi connectivity index (χ2n) is 6.40. The van der Waals surface area contributed by atoms with E-state index in [1.165, 1.54) is 0 Å². The molecule has 1 aliphatic heterocycles.